The van der Waals surface area contributed by atoms with Gasteiger partial charge in [0.05, 0.1) is 18.4 Å². The van der Waals surface area contributed by atoms with Gasteiger partial charge < -0.3 is 10.5 Å². The molecule has 4 heterocycles. The largest absolute Gasteiger partial charge is 0.381 e. The highest BCUT2D eigenvalue weighted by molar-refractivity contribution is 5.92. The number of carbonyl (C=O) groups is 1. The number of hydrogen-bond donors (Lipinski definition) is 1. The second-order valence-electron chi connectivity index (χ2n) is 5.70. The van der Waals surface area contributed by atoms with E-state index in [0.29, 0.717) is 17.4 Å². The van der Waals surface area contributed by atoms with Crippen LogP contribution in [0.2, 0.25) is 0 Å². The summed E-state index contributed by atoms with van der Waals surface area (Å²) in [6.07, 6.45) is 9.19. The highest BCUT2D eigenvalue weighted by Gasteiger charge is 2.17. The first kappa shape index (κ1) is 14.0. The Bertz CT molecular complexity index is 860. The van der Waals surface area contributed by atoms with Gasteiger partial charge in [-0.1, -0.05) is 0 Å². The number of aromatic nitrogens is 4. The van der Waals surface area contributed by atoms with Crippen molar-refractivity contribution in [1.82, 2.24) is 19.2 Å². The molecule has 0 spiro atoms. The third kappa shape index (κ3) is 2.49. The molecule has 1 fully saturated rings. The summed E-state index contributed by atoms with van der Waals surface area (Å²) < 4.78 is 9.10. The molecule has 4 rings (SSSR count). The van der Waals surface area contributed by atoms with Gasteiger partial charge in [-0.2, -0.15) is 5.10 Å². The molecule has 0 saturated carbocycles. The summed E-state index contributed by atoms with van der Waals surface area (Å²) >= 11 is 0. The summed E-state index contributed by atoms with van der Waals surface area (Å²) in [6, 6.07) is 4.26. The first-order valence-corrected chi connectivity index (χ1v) is 7.61. The van der Waals surface area contributed by atoms with Gasteiger partial charge in [0.25, 0.3) is 5.91 Å². The van der Waals surface area contributed by atoms with Crippen LogP contribution < -0.4 is 5.73 Å². The van der Waals surface area contributed by atoms with Crippen molar-refractivity contribution in [3.05, 3.63) is 42.6 Å². The van der Waals surface area contributed by atoms with Crippen LogP contribution in [0, 0.1) is 0 Å². The van der Waals surface area contributed by atoms with Crippen LogP contribution >= 0.6 is 0 Å². The van der Waals surface area contributed by atoms with E-state index < -0.39 is 5.91 Å². The van der Waals surface area contributed by atoms with E-state index >= 15 is 0 Å². The van der Waals surface area contributed by atoms with Crippen molar-refractivity contribution in [1.29, 1.82) is 0 Å². The molecule has 23 heavy (non-hydrogen) atoms. The lowest BCUT2D eigenvalue weighted by atomic mass is 10.1. The first-order chi connectivity index (χ1) is 11.2. The van der Waals surface area contributed by atoms with Crippen molar-refractivity contribution < 1.29 is 9.53 Å². The summed E-state index contributed by atoms with van der Waals surface area (Å²) in [7, 11) is 0. The predicted octanol–water partition coefficient (Wildman–Crippen LogP) is 1.65. The molecule has 3 aromatic rings. The minimum Gasteiger partial charge on any atom is -0.381 e. The van der Waals surface area contributed by atoms with Crippen molar-refractivity contribution in [3.63, 3.8) is 0 Å². The molecule has 0 unspecified atom stereocenters. The Morgan fingerprint density at radius 1 is 1.26 bits per heavy atom. The number of rotatable bonds is 3. The molecule has 2 N–H and O–H groups in total. The molecule has 1 aliphatic rings. The number of imidazole rings is 1. The molecule has 0 radical (unpaired) electrons. The van der Waals surface area contributed by atoms with Crippen LogP contribution in [0.15, 0.2) is 36.9 Å². The van der Waals surface area contributed by atoms with Crippen LogP contribution in [0.3, 0.4) is 0 Å². The smallest absolute Gasteiger partial charge is 0.267 e. The van der Waals surface area contributed by atoms with Crippen LogP contribution in [-0.2, 0) is 4.74 Å². The zero-order valence-corrected chi connectivity index (χ0v) is 12.6. The lowest BCUT2D eigenvalue weighted by Gasteiger charge is -2.22. The second kappa shape index (κ2) is 5.51. The Balaban J connectivity index is 1.66. The van der Waals surface area contributed by atoms with Gasteiger partial charge in [0.2, 0.25) is 0 Å². The van der Waals surface area contributed by atoms with Gasteiger partial charge in [-0.25, -0.2) is 4.98 Å². The molecule has 1 saturated heterocycles. The van der Waals surface area contributed by atoms with Gasteiger partial charge >= 0.3 is 0 Å². The van der Waals surface area contributed by atoms with Gasteiger partial charge in [0.15, 0.2) is 0 Å². The number of nitrogens with two attached hydrogens (primary N) is 1. The summed E-state index contributed by atoms with van der Waals surface area (Å²) in [6.45, 7) is 1.57. The maximum absolute atomic E-state index is 11.3. The van der Waals surface area contributed by atoms with Crippen LogP contribution in [0.4, 0.5) is 0 Å². The topological polar surface area (TPSA) is 87.4 Å². The normalized spacial score (nSPS) is 16.0. The fourth-order valence-corrected chi connectivity index (χ4v) is 2.98. The summed E-state index contributed by atoms with van der Waals surface area (Å²) in [5, 5.41) is 4.49. The fraction of sp³-hybridized carbons (Fsp3) is 0.312. The zero-order chi connectivity index (χ0) is 15.8. The third-order valence-corrected chi connectivity index (χ3v) is 4.27. The summed E-state index contributed by atoms with van der Waals surface area (Å²) in [5.74, 6) is -0.488. The minimum absolute atomic E-state index is 0.379. The molecular weight excluding hydrogens is 294 g/mol. The van der Waals surface area contributed by atoms with Gasteiger partial charge in [-0.05, 0) is 30.5 Å². The predicted molar refractivity (Wildman–Crippen MR) is 84.0 cm³/mol. The van der Waals surface area contributed by atoms with E-state index in [0.717, 1.165) is 37.2 Å². The molecule has 0 aliphatic carbocycles. The number of amides is 1. The Kier molecular flexibility index (Phi) is 3.34. The summed E-state index contributed by atoms with van der Waals surface area (Å²) in [4.78, 5) is 15.6. The Morgan fingerprint density at radius 3 is 2.87 bits per heavy atom. The van der Waals surface area contributed by atoms with Crippen LogP contribution in [0.5, 0.6) is 0 Å². The molecule has 1 amide bonds. The molecule has 118 valence electrons. The Labute approximate surface area is 132 Å². The van der Waals surface area contributed by atoms with Crippen molar-refractivity contribution in [3.8, 4) is 11.1 Å². The molecule has 3 aromatic heterocycles. The fourth-order valence-electron chi connectivity index (χ4n) is 2.98. The van der Waals surface area contributed by atoms with Gasteiger partial charge in [0, 0.05) is 31.2 Å². The van der Waals surface area contributed by atoms with Crippen LogP contribution in [0.25, 0.3) is 16.8 Å². The molecule has 1 aliphatic heterocycles. The number of hydrogen-bond acceptors (Lipinski definition) is 4. The number of carbonyl (C=O) groups excluding carboxylic acids is 1. The monoisotopic (exact) mass is 311 g/mol. The Morgan fingerprint density at radius 2 is 2.09 bits per heavy atom. The number of ether oxygens (including phenoxy) is 1. The zero-order valence-electron chi connectivity index (χ0n) is 12.6. The number of pyridine rings is 1. The average Bonchev–Trinajstić information content (AvgIpc) is 3.22. The molecule has 0 aromatic carbocycles. The van der Waals surface area contributed by atoms with E-state index in [4.69, 9.17) is 10.5 Å². The average molecular weight is 311 g/mol. The van der Waals surface area contributed by atoms with Gasteiger partial charge in [-0.15, -0.1) is 0 Å². The molecule has 7 nitrogen and oxygen atoms in total. The molecule has 0 bridgehead atoms. The standard InChI is InChI=1S/C16H17N5O2/c17-16(22)14-9-18-15-7-11(1-4-20(14)15)12-8-19-21(10-12)13-2-5-23-6-3-13/h1,4,7-10,13H,2-3,5-6H2,(H2,17,22). The highest BCUT2D eigenvalue weighted by Crippen LogP contribution is 2.25. The number of nitrogens with zero attached hydrogens (tertiary/aromatic N) is 4. The highest BCUT2D eigenvalue weighted by atomic mass is 16.5. The second-order valence-corrected chi connectivity index (χ2v) is 5.70. The van der Waals surface area contributed by atoms with Crippen molar-refractivity contribution in [2.24, 2.45) is 5.73 Å². The molecule has 7 heteroatoms. The lowest BCUT2D eigenvalue weighted by Crippen LogP contribution is -2.19. The van der Waals surface area contributed by atoms with E-state index in [9.17, 15) is 4.79 Å². The molecule has 0 atom stereocenters. The van der Waals surface area contributed by atoms with Gasteiger partial charge in [-0.3, -0.25) is 13.9 Å². The maximum Gasteiger partial charge on any atom is 0.267 e. The van der Waals surface area contributed by atoms with Crippen molar-refractivity contribution in [2.75, 3.05) is 13.2 Å². The lowest BCUT2D eigenvalue weighted by molar-refractivity contribution is 0.0662. The SMILES string of the molecule is NC(=O)c1cnc2cc(-c3cnn(C4CCOCC4)c3)ccn12. The first-order valence-electron chi connectivity index (χ1n) is 7.61. The third-order valence-electron chi connectivity index (χ3n) is 4.27. The number of fused-ring (bicyclic) bond motifs is 1. The Hall–Kier alpha value is -2.67. The van der Waals surface area contributed by atoms with E-state index in [1.165, 1.54) is 6.20 Å². The minimum atomic E-state index is -0.488. The van der Waals surface area contributed by atoms with Crippen molar-refractivity contribution >= 4 is 11.6 Å². The van der Waals surface area contributed by atoms with Crippen LogP contribution in [-0.4, -0.2) is 38.3 Å². The van der Waals surface area contributed by atoms with Gasteiger partial charge in [0.1, 0.15) is 11.3 Å². The van der Waals surface area contributed by atoms with E-state index in [-0.39, 0.29) is 0 Å². The van der Waals surface area contributed by atoms with Crippen molar-refractivity contribution in [2.45, 2.75) is 18.9 Å². The van der Waals surface area contributed by atoms with E-state index in [2.05, 4.69) is 16.3 Å². The quantitative estimate of drug-likeness (QED) is 0.796. The van der Waals surface area contributed by atoms with E-state index in [1.807, 2.05) is 29.2 Å². The van der Waals surface area contributed by atoms with E-state index in [1.54, 1.807) is 4.40 Å². The maximum atomic E-state index is 11.3. The number of primary amides is 1. The molecular formula is C16H17N5O2. The van der Waals surface area contributed by atoms with Crippen LogP contribution in [0.1, 0.15) is 29.4 Å². The summed E-state index contributed by atoms with van der Waals surface area (Å²) in [5.41, 5.74) is 8.45.